The second-order valence-corrected chi connectivity index (χ2v) is 3.40. The lowest BCUT2D eigenvalue weighted by Gasteiger charge is -1.95. The fourth-order valence-electron chi connectivity index (χ4n) is 1.16. The number of carboxylic acid groups (broad SMARTS) is 2. The van der Waals surface area contributed by atoms with E-state index in [1.165, 1.54) is 0 Å². The number of aliphatic carboxylic acids is 2. The Morgan fingerprint density at radius 3 is 2.00 bits per heavy atom. The van der Waals surface area contributed by atoms with E-state index in [4.69, 9.17) is 10.2 Å². The SMILES string of the molecule is O=C(O)CCC=CCCCCCC(=O)O. The zero-order valence-electron chi connectivity index (χ0n) is 8.82. The molecule has 0 saturated carbocycles. The molecule has 0 atom stereocenters. The first-order chi connectivity index (χ1) is 7.13. The Kier molecular flexibility index (Phi) is 8.43. The van der Waals surface area contributed by atoms with Crippen molar-refractivity contribution in [3.63, 3.8) is 0 Å². The number of rotatable bonds is 9. The molecular weight excluding hydrogens is 196 g/mol. The molecule has 4 heteroatoms. The Morgan fingerprint density at radius 1 is 0.800 bits per heavy atom. The number of hydrogen-bond donors (Lipinski definition) is 2. The molecule has 0 aliphatic carbocycles. The minimum Gasteiger partial charge on any atom is -0.481 e. The van der Waals surface area contributed by atoms with Crippen LogP contribution in [0.25, 0.3) is 0 Å². The summed E-state index contributed by atoms with van der Waals surface area (Å²) in [6.45, 7) is 0. The monoisotopic (exact) mass is 214 g/mol. The maximum absolute atomic E-state index is 10.2. The Balaban J connectivity index is 3.16. The summed E-state index contributed by atoms with van der Waals surface area (Å²) in [6, 6.07) is 0. The van der Waals surface area contributed by atoms with Gasteiger partial charge in [0.15, 0.2) is 0 Å². The lowest BCUT2D eigenvalue weighted by Crippen LogP contribution is -1.93. The summed E-state index contributed by atoms with van der Waals surface area (Å²) in [5, 5.41) is 16.7. The summed E-state index contributed by atoms with van der Waals surface area (Å²) in [5.41, 5.74) is 0. The van der Waals surface area contributed by atoms with E-state index in [0.29, 0.717) is 6.42 Å². The third-order valence-electron chi connectivity index (χ3n) is 1.95. The van der Waals surface area contributed by atoms with Crippen molar-refractivity contribution in [1.29, 1.82) is 0 Å². The van der Waals surface area contributed by atoms with Gasteiger partial charge in [0, 0.05) is 12.8 Å². The van der Waals surface area contributed by atoms with E-state index < -0.39 is 11.9 Å². The summed E-state index contributed by atoms with van der Waals surface area (Å²) in [6.07, 6.45) is 8.32. The quantitative estimate of drug-likeness (QED) is 0.456. The van der Waals surface area contributed by atoms with Crippen molar-refractivity contribution in [2.75, 3.05) is 0 Å². The van der Waals surface area contributed by atoms with E-state index in [1.807, 2.05) is 12.2 Å². The van der Waals surface area contributed by atoms with Gasteiger partial charge < -0.3 is 10.2 Å². The first-order valence-electron chi connectivity index (χ1n) is 5.21. The number of unbranched alkanes of at least 4 members (excludes halogenated alkanes) is 3. The summed E-state index contributed by atoms with van der Waals surface area (Å²) in [7, 11) is 0. The van der Waals surface area contributed by atoms with Crippen molar-refractivity contribution in [2.24, 2.45) is 0 Å². The van der Waals surface area contributed by atoms with Gasteiger partial charge in [0.1, 0.15) is 0 Å². The van der Waals surface area contributed by atoms with Crippen LogP contribution < -0.4 is 0 Å². The second kappa shape index (κ2) is 9.24. The van der Waals surface area contributed by atoms with Crippen LogP contribution in [0.2, 0.25) is 0 Å². The fourth-order valence-corrected chi connectivity index (χ4v) is 1.16. The molecule has 86 valence electrons. The Bertz CT molecular complexity index is 221. The van der Waals surface area contributed by atoms with Crippen molar-refractivity contribution in [2.45, 2.75) is 44.9 Å². The number of carboxylic acids is 2. The Hall–Kier alpha value is -1.32. The summed E-state index contributed by atoms with van der Waals surface area (Å²) < 4.78 is 0. The average Bonchev–Trinajstić information content (AvgIpc) is 2.14. The molecule has 0 bridgehead atoms. The van der Waals surface area contributed by atoms with Gasteiger partial charge in [-0.3, -0.25) is 9.59 Å². The molecule has 0 rings (SSSR count). The van der Waals surface area contributed by atoms with Crippen LogP contribution in [0.4, 0.5) is 0 Å². The van der Waals surface area contributed by atoms with Gasteiger partial charge >= 0.3 is 11.9 Å². The van der Waals surface area contributed by atoms with Crippen LogP contribution in [-0.2, 0) is 9.59 Å². The van der Waals surface area contributed by atoms with E-state index in [1.54, 1.807) is 0 Å². The first-order valence-corrected chi connectivity index (χ1v) is 5.21. The van der Waals surface area contributed by atoms with Crippen LogP contribution in [0.3, 0.4) is 0 Å². The summed E-state index contributed by atoms with van der Waals surface area (Å²) in [4.78, 5) is 20.3. The van der Waals surface area contributed by atoms with Gasteiger partial charge in [0.05, 0.1) is 0 Å². The van der Waals surface area contributed by atoms with Gasteiger partial charge in [-0.05, 0) is 25.7 Å². The van der Waals surface area contributed by atoms with E-state index in [-0.39, 0.29) is 12.8 Å². The summed E-state index contributed by atoms with van der Waals surface area (Å²) >= 11 is 0. The minimum atomic E-state index is -0.777. The standard InChI is InChI=1S/C11H18O4/c12-10(13)8-6-4-2-1-3-5-7-9-11(14)15/h2,4H,1,3,5-9H2,(H,12,13)(H,14,15). The Morgan fingerprint density at radius 2 is 1.40 bits per heavy atom. The van der Waals surface area contributed by atoms with Crippen molar-refractivity contribution < 1.29 is 19.8 Å². The van der Waals surface area contributed by atoms with Crippen LogP contribution in [0.15, 0.2) is 12.2 Å². The molecule has 15 heavy (non-hydrogen) atoms. The van der Waals surface area contributed by atoms with E-state index in [9.17, 15) is 9.59 Å². The van der Waals surface area contributed by atoms with Gasteiger partial charge in [-0.15, -0.1) is 0 Å². The highest BCUT2D eigenvalue weighted by Crippen LogP contribution is 2.04. The molecule has 0 aliphatic heterocycles. The molecule has 0 aliphatic rings. The molecule has 0 radical (unpaired) electrons. The maximum atomic E-state index is 10.2. The molecule has 0 amide bonds. The highest BCUT2D eigenvalue weighted by Gasteiger charge is 1.95. The molecule has 0 spiro atoms. The molecular formula is C11H18O4. The smallest absolute Gasteiger partial charge is 0.303 e. The molecule has 0 aromatic rings. The molecule has 2 N–H and O–H groups in total. The second-order valence-electron chi connectivity index (χ2n) is 3.40. The van der Waals surface area contributed by atoms with Crippen LogP contribution in [0.5, 0.6) is 0 Å². The van der Waals surface area contributed by atoms with Crippen LogP contribution >= 0.6 is 0 Å². The van der Waals surface area contributed by atoms with Gasteiger partial charge in [-0.2, -0.15) is 0 Å². The van der Waals surface area contributed by atoms with Crippen molar-refractivity contribution in [3.05, 3.63) is 12.2 Å². The van der Waals surface area contributed by atoms with E-state index in [2.05, 4.69) is 0 Å². The highest BCUT2D eigenvalue weighted by atomic mass is 16.4. The van der Waals surface area contributed by atoms with Crippen molar-refractivity contribution >= 4 is 11.9 Å². The molecule has 0 heterocycles. The van der Waals surface area contributed by atoms with Crippen LogP contribution in [0.1, 0.15) is 44.9 Å². The van der Waals surface area contributed by atoms with Crippen LogP contribution in [0, 0.1) is 0 Å². The molecule has 0 fully saturated rings. The van der Waals surface area contributed by atoms with Crippen molar-refractivity contribution in [3.8, 4) is 0 Å². The van der Waals surface area contributed by atoms with E-state index in [0.717, 1.165) is 25.7 Å². The average molecular weight is 214 g/mol. The van der Waals surface area contributed by atoms with Crippen LogP contribution in [-0.4, -0.2) is 22.2 Å². The van der Waals surface area contributed by atoms with Gasteiger partial charge in [0.25, 0.3) is 0 Å². The topological polar surface area (TPSA) is 74.6 Å². The molecule has 0 aromatic carbocycles. The maximum Gasteiger partial charge on any atom is 0.303 e. The fraction of sp³-hybridized carbons (Fsp3) is 0.636. The first kappa shape index (κ1) is 13.7. The van der Waals surface area contributed by atoms with Gasteiger partial charge in [-0.25, -0.2) is 0 Å². The summed E-state index contributed by atoms with van der Waals surface area (Å²) in [5.74, 6) is -1.52. The highest BCUT2D eigenvalue weighted by molar-refractivity contribution is 5.66. The molecule has 0 aromatic heterocycles. The molecule has 0 saturated heterocycles. The number of allylic oxidation sites excluding steroid dienone is 2. The zero-order chi connectivity index (χ0) is 11.5. The lowest BCUT2D eigenvalue weighted by molar-refractivity contribution is -0.138. The third kappa shape index (κ3) is 12.7. The minimum absolute atomic E-state index is 0.176. The van der Waals surface area contributed by atoms with Crippen molar-refractivity contribution in [1.82, 2.24) is 0 Å². The molecule has 0 unspecified atom stereocenters. The predicted octanol–water partition coefficient (Wildman–Crippen LogP) is 2.44. The largest absolute Gasteiger partial charge is 0.481 e. The van der Waals surface area contributed by atoms with Gasteiger partial charge in [0.2, 0.25) is 0 Å². The lowest BCUT2D eigenvalue weighted by atomic mass is 10.1. The Labute approximate surface area is 89.6 Å². The predicted molar refractivity (Wildman–Crippen MR) is 56.7 cm³/mol. The van der Waals surface area contributed by atoms with E-state index >= 15 is 0 Å². The normalized spacial score (nSPS) is 10.7. The molecule has 4 nitrogen and oxygen atoms in total. The third-order valence-corrected chi connectivity index (χ3v) is 1.95. The van der Waals surface area contributed by atoms with Gasteiger partial charge in [-0.1, -0.05) is 18.6 Å². The number of carbonyl (C=O) groups is 2. The zero-order valence-corrected chi connectivity index (χ0v) is 8.82. The number of hydrogen-bond acceptors (Lipinski definition) is 2.